The molecule has 0 aliphatic rings. The third-order valence-corrected chi connectivity index (χ3v) is 1.94. The number of hydrogen-bond donors (Lipinski definition) is 0. The maximum Gasteiger partial charge on any atom is 0.419 e. The van der Waals surface area contributed by atoms with Gasteiger partial charge in [-0.1, -0.05) is 28.7 Å². The van der Waals surface area contributed by atoms with Crippen molar-refractivity contribution >= 4 is 36.5 Å². The minimum absolute atomic E-state index is 0.100. The maximum absolute atomic E-state index is 12.2. The van der Waals surface area contributed by atoms with E-state index in [1.165, 1.54) is 0 Å². The van der Waals surface area contributed by atoms with Gasteiger partial charge in [-0.15, -0.1) is 0 Å². The van der Waals surface area contributed by atoms with Crippen LogP contribution in [0.2, 0.25) is 10.0 Å². The molecule has 1 aromatic carbocycles. The molecule has 1 aromatic rings. The van der Waals surface area contributed by atoms with Crippen molar-refractivity contribution in [3.05, 3.63) is 27.7 Å². The van der Waals surface area contributed by atoms with Crippen molar-refractivity contribution in [2.24, 2.45) is 0 Å². The van der Waals surface area contributed by atoms with Crippen LogP contribution in [0, 0.1) is 0 Å². The van der Waals surface area contributed by atoms with Crippen LogP contribution in [0.5, 0.6) is 0 Å². The van der Waals surface area contributed by atoms with Crippen LogP contribution in [0.1, 0.15) is 5.56 Å². The molecule has 13 heavy (non-hydrogen) atoms. The van der Waals surface area contributed by atoms with Crippen LogP contribution in [0.4, 0.5) is 13.2 Å². The summed E-state index contributed by atoms with van der Waals surface area (Å²) in [6.07, 6.45) is -4.55. The zero-order chi connectivity index (χ0) is 10.2. The smallest absolute Gasteiger partial charge is 0.166 e. The predicted octanol–water partition coefficient (Wildman–Crippen LogP) is 2.81. The first-order valence-corrected chi connectivity index (χ1v) is 3.89. The molecule has 0 fully saturated rings. The summed E-state index contributed by atoms with van der Waals surface area (Å²) in [7, 11) is 5.24. The lowest BCUT2D eigenvalue weighted by molar-refractivity contribution is -0.137. The molecule has 0 N–H and O–H groups in total. The lowest BCUT2D eigenvalue weighted by atomic mass is 9.95. The van der Waals surface area contributed by atoms with Crippen LogP contribution in [0.15, 0.2) is 12.1 Å². The van der Waals surface area contributed by atoms with Gasteiger partial charge in [0.15, 0.2) is 0 Å². The lowest BCUT2D eigenvalue weighted by Gasteiger charge is -2.11. The molecule has 0 atom stereocenters. The van der Waals surface area contributed by atoms with E-state index in [2.05, 4.69) is 0 Å². The van der Waals surface area contributed by atoms with Crippen LogP contribution in [-0.2, 0) is 6.18 Å². The van der Waals surface area contributed by atoms with Gasteiger partial charge in [-0.2, -0.15) is 13.2 Å². The van der Waals surface area contributed by atoms with Gasteiger partial charge in [0.05, 0.1) is 15.6 Å². The normalized spacial score (nSPS) is 11.8. The van der Waals surface area contributed by atoms with E-state index in [0.717, 1.165) is 12.1 Å². The van der Waals surface area contributed by atoms with E-state index < -0.39 is 21.8 Å². The van der Waals surface area contributed by atoms with Gasteiger partial charge in [0.2, 0.25) is 0 Å². The molecule has 0 spiro atoms. The summed E-state index contributed by atoms with van der Waals surface area (Å²) in [6.45, 7) is 0. The van der Waals surface area contributed by atoms with Gasteiger partial charge in [-0.3, -0.25) is 0 Å². The minimum Gasteiger partial charge on any atom is -0.166 e. The molecule has 6 heteroatoms. The van der Waals surface area contributed by atoms with Crippen molar-refractivity contribution in [3.63, 3.8) is 0 Å². The van der Waals surface area contributed by atoms with Gasteiger partial charge < -0.3 is 0 Å². The van der Waals surface area contributed by atoms with E-state index in [9.17, 15) is 13.2 Å². The van der Waals surface area contributed by atoms with E-state index in [1.807, 2.05) is 0 Å². The summed E-state index contributed by atoms with van der Waals surface area (Å²) in [5.74, 6) is 0. The van der Waals surface area contributed by atoms with Crippen molar-refractivity contribution < 1.29 is 13.2 Å². The van der Waals surface area contributed by atoms with Gasteiger partial charge in [-0.05, 0) is 12.1 Å². The minimum atomic E-state index is -4.55. The third-order valence-electron chi connectivity index (χ3n) is 1.35. The Morgan fingerprint density at radius 3 is 1.77 bits per heavy atom. The molecule has 2 radical (unpaired) electrons. The van der Waals surface area contributed by atoms with E-state index in [0.29, 0.717) is 0 Å². The second-order valence-corrected chi connectivity index (χ2v) is 3.17. The number of halogens is 5. The Balaban J connectivity index is 3.38. The highest BCUT2D eigenvalue weighted by molar-refractivity contribution is 6.40. The quantitative estimate of drug-likeness (QED) is 0.595. The first-order chi connectivity index (χ1) is 5.82. The number of alkyl halides is 3. The Labute approximate surface area is 84.1 Å². The van der Waals surface area contributed by atoms with Gasteiger partial charge in [0, 0.05) is 0 Å². The molecule has 1 rings (SSSR count). The van der Waals surface area contributed by atoms with Crippen LogP contribution < -0.4 is 5.46 Å². The van der Waals surface area contributed by atoms with Gasteiger partial charge in [0.1, 0.15) is 7.85 Å². The molecule has 0 nitrogen and oxygen atoms in total. The Bertz CT molecular complexity index is 312. The van der Waals surface area contributed by atoms with E-state index in [1.54, 1.807) is 0 Å². The van der Waals surface area contributed by atoms with Crippen molar-refractivity contribution in [2.75, 3.05) is 0 Å². The van der Waals surface area contributed by atoms with E-state index in [-0.39, 0.29) is 5.46 Å². The average Bonchev–Trinajstić information content (AvgIpc) is 1.78. The highest BCUT2D eigenvalue weighted by atomic mass is 35.5. The van der Waals surface area contributed by atoms with Crippen LogP contribution >= 0.6 is 23.2 Å². The fourth-order valence-electron chi connectivity index (χ4n) is 0.864. The molecule has 0 aromatic heterocycles. The second-order valence-electron chi connectivity index (χ2n) is 2.36. The fraction of sp³-hybridized carbons (Fsp3) is 0.143. The monoisotopic (exact) mass is 224 g/mol. The van der Waals surface area contributed by atoms with Crippen molar-refractivity contribution in [2.45, 2.75) is 6.18 Å². The Morgan fingerprint density at radius 2 is 1.46 bits per heavy atom. The van der Waals surface area contributed by atoms with Crippen molar-refractivity contribution in [1.82, 2.24) is 0 Å². The summed E-state index contributed by atoms with van der Waals surface area (Å²) < 4.78 is 36.7. The summed E-state index contributed by atoms with van der Waals surface area (Å²) in [6, 6.07) is 2.02. The van der Waals surface area contributed by atoms with Crippen LogP contribution in [0.3, 0.4) is 0 Å². The summed E-state index contributed by atoms with van der Waals surface area (Å²) in [4.78, 5) is 0. The Hall–Kier alpha value is -0.345. The molecular weight excluding hydrogens is 223 g/mol. The number of benzene rings is 1. The predicted molar refractivity (Wildman–Crippen MR) is 46.9 cm³/mol. The third kappa shape index (κ3) is 2.32. The molecule has 0 aliphatic carbocycles. The molecule has 0 bridgehead atoms. The second kappa shape index (κ2) is 3.43. The van der Waals surface area contributed by atoms with Gasteiger partial charge in [0.25, 0.3) is 0 Å². The first kappa shape index (κ1) is 10.7. The maximum atomic E-state index is 12.2. The average molecular weight is 225 g/mol. The first-order valence-electron chi connectivity index (χ1n) is 3.14. The highest BCUT2D eigenvalue weighted by Crippen LogP contribution is 2.38. The Kier molecular flexibility index (Phi) is 2.83. The fourth-order valence-corrected chi connectivity index (χ4v) is 1.58. The molecule has 0 heterocycles. The van der Waals surface area contributed by atoms with Crippen LogP contribution in [-0.4, -0.2) is 7.85 Å². The molecule has 0 amide bonds. The largest absolute Gasteiger partial charge is 0.419 e. The van der Waals surface area contributed by atoms with Gasteiger partial charge in [-0.25, -0.2) is 0 Å². The molecule has 0 saturated carbocycles. The van der Waals surface area contributed by atoms with Gasteiger partial charge >= 0.3 is 6.18 Å². The standard InChI is InChI=1S/C7H2BCl2F3/c8-3-1-4(9)6(5(10)2-3)7(11,12)13/h1-2H. The molecular formula is C7H2BCl2F3. The van der Waals surface area contributed by atoms with Crippen LogP contribution in [0.25, 0.3) is 0 Å². The molecule has 0 aliphatic heterocycles. The molecule has 0 saturated heterocycles. The Morgan fingerprint density at radius 1 is 1.08 bits per heavy atom. The summed E-state index contributed by atoms with van der Waals surface area (Å²) >= 11 is 10.7. The lowest BCUT2D eigenvalue weighted by Crippen LogP contribution is -2.11. The van der Waals surface area contributed by atoms with Crippen molar-refractivity contribution in [1.29, 1.82) is 0 Å². The molecule has 0 unspecified atom stereocenters. The summed E-state index contributed by atoms with van der Waals surface area (Å²) in [5.41, 5.74) is -0.951. The SMILES string of the molecule is [B]c1cc(Cl)c(C(F)(F)F)c(Cl)c1. The zero-order valence-corrected chi connectivity index (χ0v) is 7.63. The molecule has 68 valence electrons. The van der Waals surface area contributed by atoms with Crippen molar-refractivity contribution in [3.8, 4) is 0 Å². The highest BCUT2D eigenvalue weighted by Gasteiger charge is 2.35. The number of rotatable bonds is 0. The van der Waals surface area contributed by atoms with E-state index in [4.69, 9.17) is 31.0 Å². The zero-order valence-electron chi connectivity index (χ0n) is 6.12. The topological polar surface area (TPSA) is 0 Å². The van der Waals surface area contributed by atoms with E-state index >= 15 is 0 Å². The summed E-state index contributed by atoms with van der Waals surface area (Å²) in [5, 5.41) is -0.977. The number of hydrogen-bond acceptors (Lipinski definition) is 0.